The van der Waals surface area contributed by atoms with E-state index < -0.39 is 0 Å². The maximum absolute atomic E-state index is 13.4. The van der Waals surface area contributed by atoms with E-state index in [9.17, 15) is 4.39 Å². The van der Waals surface area contributed by atoms with E-state index in [1.165, 1.54) is 0 Å². The van der Waals surface area contributed by atoms with E-state index in [1.54, 1.807) is 26.2 Å². The molecule has 1 aromatic carbocycles. The normalized spacial score (nSPS) is 16.2. The van der Waals surface area contributed by atoms with Crippen LogP contribution in [0.4, 0.5) is 4.39 Å². The van der Waals surface area contributed by atoms with E-state index in [0.29, 0.717) is 11.5 Å². The van der Waals surface area contributed by atoms with Gasteiger partial charge in [0, 0.05) is 0 Å². The van der Waals surface area contributed by atoms with Gasteiger partial charge in [0.25, 0.3) is 0 Å². The Hall–Kier alpha value is -1.09. The van der Waals surface area contributed by atoms with E-state index >= 15 is 0 Å². The Bertz CT molecular complexity index is 361. The highest BCUT2D eigenvalue weighted by Crippen LogP contribution is 2.26. The van der Waals surface area contributed by atoms with E-state index in [4.69, 9.17) is 4.74 Å². The van der Waals surface area contributed by atoms with Crippen molar-refractivity contribution >= 4 is 0 Å². The number of nitrogens with one attached hydrogen (secondary N) is 1. The molecule has 2 rings (SSSR count). The number of benzene rings is 1. The molecule has 1 N–H and O–H groups in total. The average Bonchev–Trinajstić information content (AvgIpc) is 2.16. The molecule has 15 heavy (non-hydrogen) atoms. The first-order chi connectivity index (χ1) is 7.20. The van der Waals surface area contributed by atoms with Gasteiger partial charge in [0.1, 0.15) is 11.6 Å². The molecule has 0 aromatic heterocycles. The maximum atomic E-state index is 13.4. The fourth-order valence-electron chi connectivity index (χ4n) is 1.85. The van der Waals surface area contributed by atoms with Gasteiger partial charge in [0.2, 0.25) is 0 Å². The molecule has 1 heterocycles. The van der Waals surface area contributed by atoms with Crippen LogP contribution in [0.5, 0.6) is 5.75 Å². The number of methoxy groups -OCH3 is 1. The number of ether oxygens (including phenoxy) is 1. The monoisotopic (exact) mass is 209 g/mol. The average molecular weight is 209 g/mol. The van der Waals surface area contributed by atoms with Gasteiger partial charge in [-0.1, -0.05) is 0 Å². The molecule has 0 radical (unpaired) electrons. The lowest BCUT2D eigenvalue weighted by Crippen LogP contribution is -2.43. The van der Waals surface area contributed by atoms with Gasteiger partial charge in [-0.25, -0.2) is 4.39 Å². The molecule has 1 aliphatic heterocycles. The smallest absolute Gasteiger partial charge is 0.126 e. The van der Waals surface area contributed by atoms with E-state index in [2.05, 4.69) is 5.32 Å². The molecule has 0 aliphatic carbocycles. The fraction of sp³-hybridized carbons (Fsp3) is 0.500. The van der Waals surface area contributed by atoms with E-state index in [-0.39, 0.29) is 5.82 Å². The van der Waals surface area contributed by atoms with Gasteiger partial charge in [-0.15, -0.1) is 0 Å². The van der Waals surface area contributed by atoms with Gasteiger partial charge in [0.05, 0.1) is 7.11 Å². The molecule has 1 fully saturated rings. The lowest BCUT2D eigenvalue weighted by molar-refractivity contribution is 0.337. The van der Waals surface area contributed by atoms with Gasteiger partial charge < -0.3 is 10.1 Å². The van der Waals surface area contributed by atoms with Crippen LogP contribution in [0.2, 0.25) is 0 Å². The van der Waals surface area contributed by atoms with Crippen LogP contribution < -0.4 is 10.1 Å². The summed E-state index contributed by atoms with van der Waals surface area (Å²) in [5.41, 5.74) is 1.62. The minimum atomic E-state index is -0.141. The van der Waals surface area contributed by atoms with Crippen LogP contribution in [0.1, 0.15) is 11.1 Å². The zero-order valence-electron chi connectivity index (χ0n) is 9.14. The Morgan fingerprint density at radius 3 is 2.73 bits per heavy atom. The largest absolute Gasteiger partial charge is 0.496 e. The Morgan fingerprint density at radius 2 is 2.20 bits per heavy atom. The highest BCUT2D eigenvalue weighted by Gasteiger charge is 2.19. The third-order valence-electron chi connectivity index (χ3n) is 2.94. The lowest BCUT2D eigenvalue weighted by Gasteiger charge is -2.27. The molecule has 2 nitrogen and oxygen atoms in total. The second-order valence-electron chi connectivity index (χ2n) is 4.14. The zero-order valence-corrected chi connectivity index (χ0v) is 9.14. The van der Waals surface area contributed by atoms with Gasteiger partial charge in [-0.05, 0) is 55.6 Å². The summed E-state index contributed by atoms with van der Waals surface area (Å²) in [6.07, 6.45) is 0.896. The van der Waals surface area contributed by atoms with Crippen LogP contribution in [0.25, 0.3) is 0 Å². The molecule has 0 spiro atoms. The second kappa shape index (κ2) is 4.19. The third kappa shape index (κ3) is 2.12. The maximum Gasteiger partial charge on any atom is 0.126 e. The van der Waals surface area contributed by atoms with Gasteiger partial charge in [-0.3, -0.25) is 0 Å². The molecular formula is C12H16FNO. The minimum absolute atomic E-state index is 0.141. The Balaban J connectivity index is 2.23. The first-order valence-electron chi connectivity index (χ1n) is 5.24. The highest BCUT2D eigenvalue weighted by atomic mass is 19.1. The first-order valence-corrected chi connectivity index (χ1v) is 5.24. The molecule has 1 aliphatic rings. The predicted molar refractivity (Wildman–Crippen MR) is 57.8 cm³/mol. The summed E-state index contributed by atoms with van der Waals surface area (Å²) in [5, 5.41) is 3.21. The molecular weight excluding hydrogens is 193 g/mol. The van der Waals surface area contributed by atoms with Gasteiger partial charge in [-0.2, -0.15) is 0 Å². The van der Waals surface area contributed by atoms with Crippen molar-refractivity contribution in [2.45, 2.75) is 13.3 Å². The van der Waals surface area contributed by atoms with Crippen LogP contribution in [-0.4, -0.2) is 20.2 Å². The van der Waals surface area contributed by atoms with E-state index in [1.807, 2.05) is 0 Å². The van der Waals surface area contributed by atoms with Crippen molar-refractivity contribution in [3.63, 3.8) is 0 Å². The standard InChI is InChI=1S/C12H16FNO/c1-8-3-12(15-2)10(5-11(8)13)4-9-6-14-7-9/h3,5,9,14H,4,6-7H2,1-2H3. The van der Waals surface area contributed by atoms with Crippen molar-refractivity contribution in [2.24, 2.45) is 5.92 Å². The van der Waals surface area contributed by atoms with Gasteiger partial charge >= 0.3 is 0 Å². The lowest BCUT2D eigenvalue weighted by atomic mass is 9.93. The molecule has 1 saturated heterocycles. The summed E-state index contributed by atoms with van der Waals surface area (Å²) < 4.78 is 18.7. The van der Waals surface area contributed by atoms with Crippen LogP contribution in [0, 0.1) is 18.7 Å². The molecule has 82 valence electrons. The number of rotatable bonds is 3. The zero-order chi connectivity index (χ0) is 10.8. The second-order valence-corrected chi connectivity index (χ2v) is 4.14. The van der Waals surface area contributed by atoms with Crippen molar-refractivity contribution in [1.82, 2.24) is 5.32 Å². The summed E-state index contributed by atoms with van der Waals surface area (Å²) in [6.45, 7) is 3.81. The van der Waals surface area contributed by atoms with Crippen molar-refractivity contribution < 1.29 is 9.13 Å². The van der Waals surface area contributed by atoms with E-state index in [0.717, 1.165) is 30.8 Å². The number of halogens is 1. The van der Waals surface area contributed by atoms with Crippen molar-refractivity contribution in [1.29, 1.82) is 0 Å². The summed E-state index contributed by atoms with van der Waals surface area (Å²) in [7, 11) is 1.63. The molecule has 0 atom stereocenters. The van der Waals surface area contributed by atoms with Gasteiger partial charge in [0.15, 0.2) is 0 Å². The minimum Gasteiger partial charge on any atom is -0.496 e. The first kappa shape index (κ1) is 10.4. The highest BCUT2D eigenvalue weighted by molar-refractivity contribution is 5.38. The Morgan fingerprint density at radius 1 is 1.47 bits per heavy atom. The molecule has 3 heteroatoms. The number of hydrogen-bond acceptors (Lipinski definition) is 2. The number of hydrogen-bond donors (Lipinski definition) is 1. The summed E-state index contributed by atoms with van der Waals surface area (Å²) in [5.74, 6) is 1.29. The predicted octanol–water partition coefficient (Wildman–Crippen LogP) is 1.90. The van der Waals surface area contributed by atoms with Crippen molar-refractivity contribution in [2.75, 3.05) is 20.2 Å². The summed E-state index contributed by atoms with van der Waals surface area (Å²) in [4.78, 5) is 0. The molecule has 1 aromatic rings. The van der Waals surface area contributed by atoms with Crippen LogP contribution in [0.3, 0.4) is 0 Å². The van der Waals surface area contributed by atoms with Crippen LogP contribution in [-0.2, 0) is 6.42 Å². The van der Waals surface area contributed by atoms with Crippen molar-refractivity contribution in [3.05, 3.63) is 29.1 Å². The van der Waals surface area contributed by atoms with Crippen LogP contribution in [0.15, 0.2) is 12.1 Å². The summed E-state index contributed by atoms with van der Waals surface area (Å²) in [6, 6.07) is 3.38. The Kier molecular flexibility index (Phi) is 2.91. The SMILES string of the molecule is COc1cc(C)c(F)cc1CC1CNC1. The fourth-order valence-corrected chi connectivity index (χ4v) is 1.85. The van der Waals surface area contributed by atoms with Crippen LogP contribution >= 0.6 is 0 Å². The Labute approximate surface area is 89.4 Å². The number of aryl methyl sites for hydroxylation is 1. The molecule has 0 saturated carbocycles. The molecule has 0 amide bonds. The molecule has 0 bridgehead atoms. The quantitative estimate of drug-likeness (QED) is 0.821. The third-order valence-corrected chi connectivity index (χ3v) is 2.94. The molecule has 0 unspecified atom stereocenters. The summed E-state index contributed by atoms with van der Waals surface area (Å²) >= 11 is 0. The van der Waals surface area contributed by atoms with Crippen molar-refractivity contribution in [3.8, 4) is 5.75 Å². The topological polar surface area (TPSA) is 21.3 Å².